The van der Waals surface area contributed by atoms with Gasteiger partial charge in [-0.25, -0.2) is 0 Å². The Morgan fingerprint density at radius 2 is 0.780 bits per heavy atom. The average Bonchev–Trinajstić information content (AvgIpc) is 0.837. The van der Waals surface area contributed by atoms with Gasteiger partial charge in [0.1, 0.15) is 6.07 Å². The molecule has 0 aliphatic carbocycles. The lowest BCUT2D eigenvalue weighted by atomic mass is 9.33. The number of aromatic nitrogens is 3. The maximum atomic E-state index is 12.2. The molecule has 0 N–H and O–H groups in total. The highest BCUT2D eigenvalue weighted by Gasteiger charge is 2.45. The lowest BCUT2D eigenvalue weighted by molar-refractivity contribution is 0.569. The average molecular weight is 1420 g/mol. The van der Waals surface area contributed by atoms with Crippen LogP contribution < -0.4 is 26.2 Å². The maximum Gasteiger partial charge on any atom is 0.252 e. The van der Waals surface area contributed by atoms with Gasteiger partial charge in [-0.3, -0.25) is 0 Å². The molecule has 17 aromatic rings. The Balaban J connectivity index is 1.02. The van der Waals surface area contributed by atoms with Gasteiger partial charge in [-0.15, -0.1) is 0 Å². The summed E-state index contributed by atoms with van der Waals surface area (Å²) in [6.45, 7) is 23.9. The standard InChI is InChI=1S/C102H87BN6/c1-63-26-25-29-65(48-63)69-49-68(64-27-15-14-16-28-64)52-77(53-69)108-94-54-66(70-50-73(101(8,9)10)55-74(51-70)102(11,12)13)39-44-85(94)103-86-45-43-76(106-89-36-23-19-32-81(89)82-33-20-24-37-90(82)106)59-95(86)109(93-58-75(42-38-67(93)62-104)105-87-34-21-17-30-79(87)80-31-18-22-35-88(80)105)97-61-78(60-96(108)98(97)103)107-91-46-40-71(99(2,3)4)56-83(91)84-57-72(100(5,6)7)41-47-92(84)107/h14-61H,1-13H3/i1D3,19D,20D,23D,24D,32D,33D,36D,37D. The van der Waals surface area contributed by atoms with E-state index in [0.717, 1.165) is 116 Å². The zero-order chi connectivity index (χ0) is 84.4. The summed E-state index contributed by atoms with van der Waals surface area (Å²) in [5.41, 5.74) is 21.9. The van der Waals surface area contributed by atoms with Crippen molar-refractivity contribution < 1.29 is 15.1 Å². The van der Waals surface area contributed by atoms with Crippen molar-refractivity contribution in [3.05, 3.63) is 324 Å². The molecule has 0 fully saturated rings. The molecule has 0 radical (unpaired) electrons. The molecule has 2 aliphatic rings. The topological polar surface area (TPSA) is 45.1 Å². The van der Waals surface area contributed by atoms with E-state index in [1.807, 2.05) is 78.9 Å². The van der Waals surface area contributed by atoms with Crippen LogP contribution >= 0.6 is 0 Å². The van der Waals surface area contributed by atoms with Gasteiger partial charge in [-0.1, -0.05) is 264 Å². The van der Waals surface area contributed by atoms with E-state index in [-0.39, 0.29) is 49.0 Å². The number of nitriles is 1. The molecular formula is C102H87BN6. The van der Waals surface area contributed by atoms with E-state index in [2.05, 4.69) is 260 Å². The summed E-state index contributed by atoms with van der Waals surface area (Å²) in [5.74, 6) is 0. The molecule has 0 amide bonds. The van der Waals surface area contributed by atoms with E-state index in [1.54, 1.807) is 16.7 Å². The molecule has 14 aromatic carbocycles. The molecular weight excluding hydrogens is 1320 g/mol. The molecule has 0 saturated heterocycles. The zero-order valence-corrected chi connectivity index (χ0v) is 63.4. The van der Waals surface area contributed by atoms with Crippen LogP contribution in [0.25, 0.3) is 116 Å². The second-order valence-corrected chi connectivity index (χ2v) is 33.8. The van der Waals surface area contributed by atoms with Crippen molar-refractivity contribution in [3.63, 3.8) is 0 Å². The number of rotatable bonds is 8. The molecule has 0 atom stereocenters. The Kier molecular flexibility index (Phi) is 12.6. The third-order valence-electron chi connectivity index (χ3n) is 22.7. The first-order chi connectivity index (χ1) is 57.0. The highest BCUT2D eigenvalue weighted by molar-refractivity contribution is 7.00. The summed E-state index contributed by atoms with van der Waals surface area (Å²) >= 11 is 0. The Morgan fingerprint density at radius 1 is 0.312 bits per heavy atom. The minimum absolute atomic E-state index is 0.0319. The van der Waals surface area contributed by atoms with Crippen LogP contribution in [0.1, 0.15) is 132 Å². The number of fused-ring (bicyclic) bond motifs is 13. The summed E-state index contributed by atoms with van der Waals surface area (Å²) in [7, 11) is 0. The van der Waals surface area contributed by atoms with Gasteiger partial charge in [0, 0.05) is 76.2 Å². The number of anilines is 6. The van der Waals surface area contributed by atoms with Gasteiger partial charge >= 0.3 is 0 Å². The van der Waals surface area contributed by atoms with Gasteiger partial charge in [-0.05, 0) is 216 Å². The first kappa shape index (κ1) is 56.0. The van der Waals surface area contributed by atoms with Gasteiger partial charge in [0.15, 0.2) is 0 Å². The number of para-hydroxylation sites is 4. The number of hydrogen-bond acceptors (Lipinski definition) is 3. The Labute approximate surface area is 655 Å². The van der Waals surface area contributed by atoms with Crippen molar-refractivity contribution in [2.45, 2.75) is 112 Å². The van der Waals surface area contributed by atoms with Gasteiger partial charge in [-0.2, -0.15) is 5.26 Å². The molecule has 0 bridgehead atoms. The molecule has 3 aromatic heterocycles. The SMILES string of the molecule is [2H]c1c([2H])c([2H])c2c(c1[2H])c1c([2H])c([2H])c([2H])c([2H])c1n2-c1ccc2c(c1)N(c1cc(-n3c4ccccc4c4ccccc43)ccc1C#N)c1cc(-n3c4ccc(C(C)(C)C)cc4c4cc(C(C)(C)C)ccc43)cc3c1B2c1ccc(-c2cc(C(C)(C)C)cc(C(C)(C)C)c2)cc1N3c1cc(-c2ccccc2)cc(-c2cccc(C([2H])([2H])[2H])c2)c1. The second kappa shape index (κ2) is 24.6. The van der Waals surface area contributed by atoms with Crippen LogP contribution in [-0.2, 0) is 21.7 Å². The van der Waals surface area contributed by atoms with E-state index in [0.29, 0.717) is 33.9 Å². The first-order valence-corrected chi connectivity index (χ1v) is 37.6. The van der Waals surface area contributed by atoms with Crippen LogP contribution in [0.5, 0.6) is 0 Å². The largest absolute Gasteiger partial charge is 0.311 e. The van der Waals surface area contributed by atoms with Crippen molar-refractivity contribution in [1.82, 2.24) is 13.7 Å². The Morgan fingerprint density at radius 3 is 1.37 bits per heavy atom. The monoisotopic (exact) mass is 1420 g/mol. The second-order valence-electron chi connectivity index (χ2n) is 33.8. The van der Waals surface area contributed by atoms with Crippen LogP contribution in [0.2, 0.25) is 0 Å². The lowest BCUT2D eigenvalue weighted by Gasteiger charge is -2.45. The third-order valence-corrected chi connectivity index (χ3v) is 22.7. The fourth-order valence-electron chi connectivity index (χ4n) is 17.1. The van der Waals surface area contributed by atoms with Crippen LogP contribution in [0, 0.1) is 18.2 Å². The predicted molar refractivity (Wildman–Crippen MR) is 464 cm³/mol. The summed E-state index contributed by atoms with van der Waals surface area (Å²) in [6, 6.07) is 83.4. The van der Waals surface area contributed by atoms with Crippen molar-refractivity contribution in [3.8, 4) is 56.5 Å². The van der Waals surface area contributed by atoms with Gasteiger partial charge in [0.25, 0.3) is 6.71 Å². The lowest BCUT2D eigenvalue weighted by Crippen LogP contribution is -2.61. The Hall–Kier alpha value is -12.4. The number of benzene rings is 14. The Bertz CT molecular complexity index is 7100. The number of hydrogen-bond donors (Lipinski definition) is 0. The van der Waals surface area contributed by atoms with Crippen molar-refractivity contribution in [2.24, 2.45) is 0 Å². The van der Waals surface area contributed by atoms with E-state index >= 15 is 0 Å². The summed E-state index contributed by atoms with van der Waals surface area (Å²) < 4.78 is 108. The molecule has 528 valence electrons. The number of nitrogens with zero attached hydrogens (tertiary/aromatic N) is 6. The van der Waals surface area contributed by atoms with E-state index in [9.17, 15) is 13.5 Å². The van der Waals surface area contributed by atoms with Crippen molar-refractivity contribution >= 4 is 123 Å². The van der Waals surface area contributed by atoms with Gasteiger partial charge in [0.05, 0.1) is 61.0 Å². The van der Waals surface area contributed by atoms with Crippen LogP contribution in [0.3, 0.4) is 0 Å². The molecule has 0 unspecified atom stereocenters. The van der Waals surface area contributed by atoms with Crippen molar-refractivity contribution in [1.29, 1.82) is 5.26 Å². The van der Waals surface area contributed by atoms with Crippen molar-refractivity contribution in [2.75, 3.05) is 9.80 Å². The molecule has 7 heteroatoms. The fourth-order valence-corrected chi connectivity index (χ4v) is 17.1. The minimum atomic E-state index is -2.42. The predicted octanol–water partition coefficient (Wildman–Crippen LogP) is 25.4. The van der Waals surface area contributed by atoms with Crippen LogP contribution in [0.15, 0.2) is 291 Å². The molecule has 19 rings (SSSR count). The first-order valence-electron chi connectivity index (χ1n) is 43.1. The molecule has 0 spiro atoms. The van der Waals surface area contributed by atoms with Crippen LogP contribution in [0.4, 0.5) is 34.1 Å². The quantitative estimate of drug-likeness (QED) is 0.142. The normalized spacial score (nSPS) is 14.7. The van der Waals surface area contributed by atoms with Crippen LogP contribution in [-0.4, -0.2) is 20.4 Å². The fraction of sp³-hybridized carbons (Fsp3) is 0.167. The van der Waals surface area contributed by atoms with E-state index in [1.165, 1.54) is 22.3 Å². The molecule has 6 nitrogen and oxygen atoms in total. The van der Waals surface area contributed by atoms with E-state index in [4.69, 9.17) is 6.85 Å². The summed E-state index contributed by atoms with van der Waals surface area (Å²) in [6.07, 6.45) is 0. The number of aryl methyl sites for hydroxylation is 1. The third kappa shape index (κ3) is 11.0. The molecule has 5 heterocycles. The summed E-state index contributed by atoms with van der Waals surface area (Å²) in [4.78, 5) is 4.59. The highest BCUT2D eigenvalue weighted by Crippen LogP contribution is 2.51. The highest BCUT2D eigenvalue weighted by atomic mass is 15.2. The van der Waals surface area contributed by atoms with E-state index < -0.39 is 61.9 Å². The minimum Gasteiger partial charge on any atom is -0.311 e. The summed E-state index contributed by atoms with van der Waals surface area (Å²) in [5, 5.41) is 16.3. The molecule has 0 saturated carbocycles. The molecule has 109 heavy (non-hydrogen) atoms. The molecule has 2 aliphatic heterocycles. The van der Waals surface area contributed by atoms with Gasteiger partial charge < -0.3 is 23.5 Å². The van der Waals surface area contributed by atoms with Gasteiger partial charge in [0.2, 0.25) is 0 Å². The smallest absolute Gasteiger partial charge is 0.252 e. The maximum absolute atomic E-state index is 12.2. The zero-order valence-electron chi connectivity index (χ0n) is 74.4.